The smallest absolute Gasteiger partial charge is 0.336 e. The quantitative estimate of drug-likeness (QED) is 0.115. The monoisotopic (exact) mass is 590 g/mol. The molecule has 0 unspecified atom stereocenters. The van der Waals surface area contributed by atoms with Crippen molar-refractivity contribution in [2.24, 2.45) is 0 Å². The van der Waals surface area contributed by atoms with E-state index in [2.05, 4.69) is 10.6 Å². The van der Waals surface area contributed by atoms with Gasteiger partial charge >= 0.3 is 5.97 Å². The van der Waals surface area contributed by atoms with Crippen LogP contribution in [0, 0.1) is 6.92 Å². The Balaban J connectivity index is 2.02. The number of carboxylic acid groups (broad SMARTS) is 1. The molecule has 0 bridgehead atoms. The second-order valence-electron chi connectivity index (χ2n) is 9.49. The number of aromatic hydroxyl groups is 1. The van der Waals surface area contributed by atoms with Crippen LogP contribution < -0.4 is 10.6 Å². The maximum absolute atomic E-state index is 12.1. The fraction of sp³-hybridized carbons (Fsp3) is 0.321. The van der Waals surface area contributed by atoms with Crippen LogP contribution in [-0.4, -0.2) is 62.2 Å². The van der Waals surface area contributed by atoms with Gasteiger partial charge in [-0.2, -0.15) is 8.42 Å². The van der Waals surface area contributed by atoms with Gasteiger partial charge in [0.2, 0.25) is 0 Å². The molecule has 1 aliphatic rings. The summed E-state index contributed by atoms with van der Waals surface area (Å²) in [5, 5.41) is 27.4. The molecule has 0 aromatic heterocycles. The average Bonchev–Trinajstić information content (AvgIpc) is 2.87. The number of carbonyl (C=O) groups is 1. The van der Waals surface area contributed by atoms with Crippen LogP contribution in [0.15, 0.2) is 65.4 Å². The van der Waals surface area contributed by atoms with E-state index in [1.807, 2.05) is 26.0 Å². The van der Waals surface area contributed by atoms with Gasteiger partial charge in [0.25, 0.3) is 10.1 Å². The van der Waals surface area contributed by atoms with E-state index >= 15 is 0 Å². The van der Waals surface area contributed by atoms with Crippen LogP contribution in [0.25, 0.3) is 5.57 Å². The molecule has 2 aromatic rings. The zero-order valence-electron chi connectivity index (χ0n) is 22.3. The molecule has 3 rings (SSSR count). The number of rotatable bonds is 13. The Labute approximate surface area is 235 Å². The van der Waals surface area contributed by atoms with E-state index in [1.165, 1.54) is 6.07 Å². The number of hydrogen-bond acceptors (Lipinski definition) is 8. The van der Waals surface area contributed by atoms with Gasteiger partial charge in [0.15, 0.2) is 0 Å². The molecular formula is C28H34N2O8S2. The highest BCUT2D eigenvalue weighted by molar-refractivity contribution is 7.85. The number of allylic oxidation sites excluding steroid dienone is 4. The number of phenols is 1. The first-order valence-electron chi connectivity index (χ1n) is 12.7. The first-order chi connectivity index (χ1) is 18.9. The Hall–Kier alpha value is -3.61. The third-order valence-electron chi connectivity index (χ3n) is 6.43. The van der Waals surface area contributed by atoms with Crippen LogP contribution in [0.4, 0.5) is 5.69 Å². The number of benzene rings is 2. The lowest BCUT2D eigenvalue weighted by Gasteiger charge is -2.22. The third-order valence-corrected chi connectivity index (χ3v) is 7.92. The lowest BCUT2D eigenvalue weighted by Crippen LogP contribution is -2.20. The van der Waals surface area contributed by atoms with Gasteiger partial charge in [-0.05, 0) is 73.1 Å². The summed E-state index contributed by atoms with van der Waals surface area (Å²) >= 11 is 0. The highest BCUT2D eigenvalue weighted by Crippen LogP contribution is 2.40. The predicted molar refractivity (Wildman–Crippen MR) is 156 cm³/mol. The molecule has 12 heteroatoms. The molecule has 0 atom stereocenters. The van der Waals surface area contributed by atoms with Crippen molar-refractivity contribution in [3.8, 4) is 5.75 Å². The number of nitrogens with one attached hydrogen (secondary N) is 2. The highest BCUT2D eigenvalue weighted by atomic mass is 32.2. The second kappa shape index (κ2) is 13.6. The van der Waals surface area contributed by atoms with E-state index in [1.54, 1.807) is 30.3 Å². The number of anilines is 1. The molecule has 0 heterocycles. The van der Waals surface area contributed by atoms with Crippen LogP contribution in [0.1, 0.15) is 53.2 Å². The number of aryl methyl sites for hydroxylation is 1. The van der Waals surface area contributed by atoms with Gasteiger partial charge in [0.1, 0.15) is 16.5 Å². The zero-order chi connectivity index (χ0) is 29.4. The summed E-state index contributed by atoms with van der Waals surface area (Å²) in [5.74, 6) is -1.45. The summed E-state index contributed by atoms with van der Waals surface area (Å²) in [5.41, 5.74) is 5.40. The molecular weight excluding hydrogens is 556 g/mol. The molecule has 0 radical (unpaired) electrons. The Kier molecular flexibility index (Phi) is 10.5. The summed E-state index contributed by atoms with van der Waals surface area (Å²) in [7, 11) is -6.50. The number of thiol groups is 1. The van der Waals surface area contributed by atoms with Crippen molar-refractivity contribution < 1.29 is 36.4 Å². The van der Waals surface area contributed by atoms with Crippen molar-refractivity contribution in [3.63, 3.8) is 0 Å². The Morgan fingerprint density at radius 1 is 1.00 bits per heavy atom. The average molecular weight is 591 g/mol. The molecule has 0 aliphatic heterocycles. The van der Waals surface area contributed by atoms with Gasteiger partial charge in [0, 0.05) is 41.9 Å². The number of hydrogen-bond donors (Lipinski definition) is 6. The Bertz CT molecular complexity index is 1550. The molecule has 0 fully saturated rings. The number of carboxylic acids is 1. The highest BCUT2D eigenvalue weighted by Gasteiger charge is 2.22. The van der Waals surface area contributed by atoms with Crippen molar-refractivity contribution in [3.05, 3.63) is 87.6 Å². The van der Waals surface area contributed by atoms with E-state index in [0.717, 1.165) is 22.4 Å². The van der Waals surface area contributed by atoms with Crippen molar-refractivity contribution >= 4 is 38.1 Å². The van der Waals surface area contributed by atoms with Crippen molar-refractivity contribution in [1.82, 2.24) is 5.32 Å². The van der Waals surface area contributed by atoms with Crippen LogP contribution in [-0.2, 0) is 20.8 Å². The third kappa shape index (κ3) is 8.44. The van der Waals surface area contributed by atoms with Crippen molar-refractivity contribution in [2.45, 2.75) is 33.1 Å². The lowest BCUT2D eigenvalue weighted by molar-refractivity contribution is 0.0696. The Morgan fingerprint density at radius 2 is 1.68 bits per heavy atom. The van der Waals surface area contributed by atoms with Crippen molar-refractivity contribution in [2.75, 3.05) is 29.9 Å². The van der Waals surface area contributed by atoms with Gasteiger partial charge in [-0.15, -0.1) is 0 Å². The molecule has 1 aliphatic carbocycles. The molecule has 5 N–H and O–H groups in total. The first-order valence-corrected chi connectivity index (χ1v) is 15.7. The van der Waals surface area contributed by atoms with E-state index in [0.29, 0.717) is 48.3 Å². The summed E-state index contributed by atoms with van der Waals surface area (Å²) in [6.45, 7) is 4.46. The summed E-state index contributed by atoms with van der Waals surface area (Å²) < 4.78 is 52.6. The van der Waals surface area contributed by atoms with Crippen molar-refractivity contribution in [1.29, 1.82) is 0 Å². The van der Waals surface area contributed by atoms with Crippen LogP contribution in [0.3, 0.4) is 0 Å². The van der Waals surface area contributed by atoms with Gasteiger partial charge in [0.05, 0.1) is 11.3 Å². The summed E-state index contributed by atoms with van der Waals surface area (Å²) in [4.78, 5) is 12.1. The SMILES string of the molecule is CC1=C/C(=C(/c2cc(C)c(NCCC[SH](=O)=O)cc2O)c2ccccc2C(=O)O)CC=C1NCCCS(=O)(=O)O. The largest absolute Gasteiger partial charge is 0.507 e. The molecule has 0 saturated carbocycles. The first kappa shape index (κ1) is 30.9. The Morgan fingerprint density at radius 3 is 2.30 bits per heavy atom. The van der Waals surface area contributed by atoms with E-state index in [9.17, 15) is 31.8 Å². The number of phenolic OH excluding ortho intramolecular Hbond substituents is 1. The van der Waals surface area contributed by atoms with Crippen LogP contribution >= 0.6 is 0 Å². The predicted octanol–water partition coefficient (Wildman–Crippen LogP) is 3.72. The topological polar surface area (TPSA) is 170 Å². The van der Waals surface area contributed by atoms with E-state index < -0.39 is 26.8 Å². The molecule has 0 amide bonds. The van der Waals surface area contributed by atoms with Crippen LogP contribution in [0.5, 0.6) is 5.75 Å². The van der Waals surface area contributed by atoms with E-state index in [4.69, 9.17) is 4.55 Å². The maximum Gasteiger partial charge on any atom is 0.336 e. The standard InChI is InChI=1S/C28H34N2O8S2/c1-18-15-20(9-10-24(18)29-12-6-14-40(36,37)38)27(21-7-3-4-8-22(21)28(32)33)23-16-19(2)25(17-26(23)31)30-11-5-13-39(34)35/h3-4,7-8,10,15-17,29-31,39H,5-6,9,11-14H2,1-2H3,(H,32,33)(H,36,37,38)/b27-20+. The zero-order valence-corrected chi connectivity index (χ0v) is 24.0. The fourth-order valence-electron chi connectivity index (χ4n) is 4.53. The second-order valence-corrected chi connectivity index (χ2v) is 12.2. The minimum absolute atomic E-state index is 0.0598. The summed E-state index contributed by atoms with van der Waals surface area (Å²) in [6, 6.07) is 9.93. The summed E-state index contributed by atoms with van der Waals surface area (Å²) in [6.07, 6.45) is 4.89. The van der Waals surface area contributed by atoms with Gasteiger partial charge < -0.3 is 20.8 Å². The minimum atomic E-state index is -4.04. The molecule has 0 saturated heterocycles. The van der Waals surface area contributed by atoms with E-state index in [-0.39, 0.29) is 29.2 Å². The maximum atomic E-state index is 12.1. The normalized spacial score (nSPS) is 14.9. The molecule has 0 spiro atoms. The van der Waals surface area contributed by atoms with Gasteiger partial charge in [-0.3, -0.25) is 4.55 Å². The molecule has 40 heavy (non-hydrogen) atoms. The lowest BCUT2D eigenvalue weighted by atomic mass is 9.85. The van der Waals surface area contributed by atoms with Crippen LogP contribution in [0.2, 0.25) is 0 Å². The molecule has 10 nitrogen and oxygen atoms in total. The minimum Gasteiger partial charge on any atom is -0.507 e. The fourth-order valence-corrected chi connectivity index (χ4v) is 5.46. The number of aromatic carboxylic acids is 1. The van der Waals surface area contributed by atoms with Gasteiger partial charge in [-0.1, -0.05) is 30.4 Å². The molecule has 216 valence electrons. The van der Waals surface area contributed by atoms with Gasteiger partial charge in [-0.25, -0.2) is 13.2 Å². The molecule has 2 aromatic carbocycles.